The molecule has 0 radical (unpaired) electrons. The first kappa shape index (κ1) is 16.7. The second kappa shape index (κ2) is 10.4. The molecule has 112 valence electrons. The third kappa shape index (κ3) is 6.68. The monoisotopic (exact) mass is 279 g/mol. The van der Waals surface area contributed by atoms with Gasteiger partial charge >= 0.3 is 5.97 Å². The molecule has 0 aromatic heterocycles. The molecular formula is C16H25NO3. The summed E-state index contributed by atoms with van der Waals surface area (Å²) < 4.78 is 10.7. The van der Waals surface area contributed by atoms with E-state index in [-0.39, 0.29) is 5.97 Å². The molecule has 1 rings (SSSR count). The number of rotatable bonds is 10. The summed E-state index contributed by atoms with van der Waals surface area (Å²) in [6, 6.07) is 7.41. The highest BCUT2D eigenvalue weighted by Gasteiger charge is 2.07. The standard InChI is InChI=1S/C16H25NO3/c1-2-10-20-16(18)15-8-6-7-14(12-15)13-19-11-5-3-4-9-17/h6-8,12H,2-5,9-11,13,17H2,1H3. The van der Waals surface area contributed by atoms with E-state index in [9.17, 15) is 4.79 Å². The Bertz CT molecular complexity index is 393. The number of nitrogens with two attached hydrogens (primary N) is 1. The lowest BCUT2D eigenvalue weighted by atomic mass is 10.1. The molecule has 0 saturated heterocycles. The van der Waals surface area contributed by atoms with Gasteiger partial charge in [0.15, 0.2) is 0 Å². The molecule has 4 nitrogen and oxygen atoms in total. The average Bonchev–Trinajstić information content (AvgIpc) is 2.48. The van der Waals surface area contributed by atoms with Crippen LogP contribution >= 0.6 is 0 Å². The van der Waals surface area contributed by atoms with Crippen molar-refractivity contribution in [1.29, 1.82) is 0 Å². The van der Waals surface area contributed by atoms with Gasteiger partial charge in [-0.05, 0) is 49.9 Å². The number of carbonyl (C=O) groups excluding carboxylic acids is 1. The molecule has 0 atom stereocenters. The summed E-state index contributed by atoms with van der Waals surface area (Å²) in [7, 11) is 0. The molecule has 20 heavy (non-hydrogen) atoms. The van der Waals surface area contributed by atoms with Crippen LogP contribution in [0.15, 0.2) is 24.3 Å². The first-order chi connectivity index (χ1) is 9.77. The zero-order chi connectivity index (χ0) is 14.6. The topological polar surface area (TPSA) is 61.5 Å². The summed E-state index contributed by atoms with van der Waals surface area (Å²) >= 11 is 0. The Morgan fingerprint density at radius 1 is 1.20 bits per heavy atom. The van der Waals surface area contributed by atoms with Gasteiger partial charge in [0.2, 0.25) is 0 Å². The lowest BCUT2D eigenvalue weighted by Crippen LogP contribution is -2.06. The summed E-state index contributed by atoms with van der Waals surface area (Å²) in [5.74, 6) is -0.267. The fraction of sp³-hybridized carbons (Fsp3) is 0.562. The van der Waals surface area contributed by atoms with Crippen LogP contribution in [0.4, 0.5) is 0 Å². The van der Waals surface area contributed by atoms with Crippen molar-refractivity contribution < 1.29 is 14.3 Å². The van der Waals surface area contributed by atoms with Gasteiger partial charge in [-0.25, -0.2) is 4.79 Å². The van der Waals surface area contributed by atoms with Crippen molar-refractivity contribution in [2.24, 2.45) is 5.73 Å². The highest BCUT2D eigenvalue weighted by atomic mass is 16.5. The molecule has 0 heterocycles. The maximum Gasteiger partial charge on any atom is 0.338 e. The predicted molar refractivity (Wildman–Crippen MR) is 79.6 cm³/mol. The Labute approximate surface area is 121 Å². The molecule has 0 amide bonds. The quantitative estimate of drug-likeness (QED) is 0.528. The van der Waals surface area contributed by atoms with Gasteiger partial charge in [0, 0.05) is 6.61 Å². The summed E-state index contributed by atoms with van der Waals surface area (Å²) in [6.45, 7) is 4.42. The fourth-order valence-corrected chi connectivity index (χ4v) is 1.78. The van der Waals surface area contributed by atoms with Crippen molar-refractivity contribution in [2.45, 2.75) is 39.2 Å². The Hall–Kier alpha value is -1.39. The minimum Gasteiger partial charge on any atom is -0.462 e. The van der Waals surface area contributed by atoms with Crippen molar-refractivity contribution in [3.05, 3.63) is 35.4 Å². The van der Waals surface area contributed by atoms with Crippen LogP contribution in [-0.4, -0.2) is 25.7 Å². The summed E-state index contributed by atoms with van der Waals surface area (Å²) in [6.07, 6.45) is 3.99. The van der Waals surface area contributed by atoms with Crippen molar-refractivity contribution in [1.82, 2.24) is 0 Å². The van der Waals surface area contributed by atoms with Crippen molar-refractivity contribution >= 4 is 5.97 Å². The molecule has 0 aliphatic rings. The molecule has 2 N–H and O–H groups in total. The number of ether oxygens (including phenoxy) is 2. The minimum atomic E-state index is -0.267. The molecule has 0 unspecified atom stereocenters. The van der Waals surface area contributed by atoms with E-state index in [1.165, 1.54) is 0 Å². The summed E-state index contributed by atoms with van der Waals surface area (Å²) in [5.41, 5.74) is 7.01. The predicted octanol–water partition coefficient (Wildman–Crippen LogP) is 2.90. The van der Waals surface area contributed by atoms with E-state index in [2.05, 4.69) is 0 Å². The SMILES string of the molecule is CCCOC(=O)c1cccc(COCCCCCN)c1. The third-order valence-electron chi connectivity index (χ3n) is 2.86. The maximum absolute atomic E-state index is 11.7. The highest BCUT2D eigenvalue weighted by molar-refractivity contribution is 5.89. The van der Waals surface area contributed by atoms with Crippen LogP contribution in [0.3, 0.4) is 0 Å². The van der Waals surface area contributed by atoms with E-state index in [4.69, 9.17) is 15.2 Å². The van der Waals surface area contributed by atoms with E-state index in [0.717, 1.165) is 44.4 Å². The Morgan fingerprint density at radius 3 is 2.80 bits per heavy atom. The molecule has 1 aromatic carbocycles. The Kier molecular flexibility index (Phi) is 8.67. The number of esters is 1. The van der Waals surface area contributed by atoms with Gasteiger partial charge in [0.05, 0.1) is 18.8 Å². The van der Waals surface area contributed by atoms with Crippen LogP contribution in [-0.2, 0) is 16.1 Å². The van der Waals surface area contributed by atoms with Gasteiger partial charge in [-0.3, -0.25) is 0 Å². The van der Waals surface area contributed by atoms with E-state index >= 15 is 0 Å². The molecule has 0 spiro atoms. The van der Waals surface area contributed by atoms with Crippen LogP contribution in [0.2, 0.25) is 0 Å². The maximum atomic E-state index is 11.7. The first-order valence-electron chi connectivity index (χ1n) is 7.31. The molecular weight excluding hydrogens is 254 g/mol. The second-order valence-electron chi connectivity index (χ2n) is 4.74. The van der Waals surface area contributed by atoms with E-state index in [1.54, 1.807) is 6.07 Å². The van der Waals surface area contributed by atoms with Gasteiger partial charge in [-0.15, -0.1) is 0 Å². The number of hydrogen-bond donors (Lipinski definition) is 1. The normalized spacial score (nSPS) is 10.5. The molecule has 0 saturated carbocycles. The third-order valence-corrected chi connectivity index (χ3v) is 2.86. The number of unbranched alkanes of at least 4 members (excludes halogenated alkanes) is 2. The summed E-state index contributed by atoms with van der Waals surface area (Å²) in [4.78, 5) is 11.7. The van der Waals surface area contributed by atoms with Crippen LogP contribution < -0.4 is 5.73 Å². The molecule has 0 bridgehead atoms. The molecule has 0 fully saturated rings. The molecule has 1 aromatic rings. The Balaban J connectivity index is 2.34. The van der Waals surface area contributed by atoms with Crippen LogP contribution in [0.1, 0.15) is 48.5 Å². The summed E-state index contributed by atoms with van der Waals surface area (Å²) in [5, 5.41) is 0. The average molecular weight is 279 g/mol. The Morgan fingerprint density at radius 2 is 2.05 bits per heavy atom. The van der Waals surface area contributed by atoms with Crippen LogP contribution in [0, 0.1) is 0 Å². The smallest absolute Gasteiger partial charge is 0.338 e. The lowest BCUT2D eigenvalue weighted by molar-refractivity contribution is 0.0504. The van der Waals surface area contributed by atoms with Crippen molar-refractivity contribution in [2.75, 3.05) is 19.8 Å². The zero-order valence-corrected chi connectivity index (χ0v) is 12.3. The first-order valence-corrected chi connectivity index (χ1v) is 7.31. The molecule has 4 heteroatoms. The van der Waals surface area contributed by atoms with Crippen molar-refractivity contribution in [3.8, 4) is 0 Å². The number of carbonyl (C=O) groups is 1. The van der Waals surface area contributed by atoms with Crippen molar-refractivity contribution in [3.63, 3.8) is 0 Å². The highest BCUT2D eigenvalue weighted by Crippen LogP contribution is 2.09. The minimum absolute atomic E-state index is 0.267. The van der Waals surface area contributed by atoms with E-state index in [0.29, 0.717) is 18.8 Å². The van der Waals surface area contributed by atoms with E-state index < -0.39 is 0 Å². The molecule has 0 aliphatic heterocycles. The van der Waals surface area contributed by atoms with Gasteiger partial charge in [0.1, 0.15) is 0 Å². The lowest BCUT2D eigenvalue weighted by Gasteiger charge is -2.07. The largest absolute Gasteiger partial charge is 0.462 e. The van der Waals surface area contributed by atoms with Crippen LogP contribution in [0.5, 0.6) is 0 Å². The zero-order valence-electron chi connectivity index (χ0n) is 12.3. The van der Waals surface area contributed by atoms with Gasteiger partial charge in [-0.2, -0.15) is 0 Å². The second-order valence-corrected chi connectivity index (χ2v) is 4.74. The molecule has 0 aliphatic carbocycles. The number of benzene rings is 1. The fourth-order valence-electron chi connectivity index (χ4n) is 1.78. The van der Waals surface area contributed by atoms with Crippen LogP contribution in [0.25, 0.3) is 0 Å². The van der Waals surface area contributed by atoms with Gasteiger partial charge < -0.3 is 15.2 Å². The number of hydrogen-bond acceptors (Lipinski definition) is 4. The van der Waals surface area contributed by atoms with E-state index in [1.807, 2.05) is 25.1 Å². The van der Waals surface area contributed by atoms with Gasteiger partial charge in [0.25, 0.3) is 0 Å². The van der Waals surface area contributed by atoms with Gasteiger partial charge in [-0.1, -0.05) is 19.1 Å².